The van der Waals surface area contributed by atoms with Gasteiger partial charge in [0.15, 0.2) is 0 Å². The zero-order valence-corrected chi connectivity index (χ0v) is 12.0. The van der Waals surface area contributed by atoms with Crippen LogP contribution in [0.25, 0.3) is 0 Å². The molecule has 1 aromatic rings. The highest BCUT2D eigenvalue weighted by Crippen LogP contribution is 2.23. The van der Waals surface area contributed by atoms with E-state index in [-0.39, 0.29) is 25.0 Å². The number of benzene rings is 1. The van der Waals surface area contributed by atoms with E-state index in [9.17, 15) is 4.79 Å². The lowest BCUT2D eigenvalue weighted by Crippen LogP contribution is -2.39. The number of carbonyl (C=O) groups is 1. The molecule has 0 spiro atoms. The molecule has 0 aromatic heterocycles. The van der Waals surface area contributed by atoms with Crippen molar-refractivity contribution in [1.82, 2.24) is 4.90 Å². The molecule has 1 amide bonds. The molecule has 0 aliphatic carbocycles. The van der Waals surface area contributed by atoms with Gasteiger partial charge in [-0.15, -0.1) is 0 Å². The molecule has 1 aromatic carbocycles. The molecule has 0 aliphatic heterocycles. The minimum atomic E-state index is -0.0364. The van der Waals surface area contributed by atoms with E-state index >= 15 is 0 Å². The van der Waals surface area contributed by atoms with Gasteiger partial charge in [0.1, 0.15) is 0 Å². The van der Waals surface area contributed by atoms with Crippen LogP contribution in [0.4, 0.5) is 0 Å². The fourth-order valence-corrected chi connectivity index (χ4v) is 2.03. The molecule has 5 heteroatoms. The predicted octanol–water partition coefficient (Wildman–Crippen LogP) is 2.77. The molecular formula is C13H17Cl2NO2. The number of nitrogens with zero attached hydrogens (tertiary/aromatic N) is 1. The molecular weight excluding hydrogens is 273 g/mol. The van der Waals surface area contributed by atoms with Crippen LogP contribution in [-0.2, 0) is 11.2 Å². The number of aliphatic hydroxyl groups excluding tert-OH is 1. The zero-order valence-electron chi connectivity index (χ0n) is 10.5. The second-order valence-corrected chi connectivity index (χ2v) is 5.14. The maximum Gasteiger partial charge on any atom is 0.227 e. The van der Waals surface area contributed by atoms with Crippen LogP contribution >= 0.6 is 23.2 Å². The summed E-state index contributed by atoms with van der Waals surface area (Å²) in [5.41, 5.74) is 0.818. The highest BCUT2D eigenvalue weighted by molar-refractivity contribution is 6.42. The van der Waals surface area contributed by atoms with Gasteiger partial charge in [-0.05, 0) is 31.5 Å². The fourth-order valence-electron chi connectivity index (χ4n) is 1.70. The van der Waals surface area contributed by atoms with Crippen LogP contribution in [0.3, 0.4) is 0 Å². The van der Waals surface area contributed by atoms with Gasteiger partial charge < -0.3 is 10.0 Å². The van der Waals surface area contributed by atoms with Crippen LogP contribution in [0.15, 0.2) is 18.2 Å². The van der Waals surface area contributed by atoms with Gasteiger partial charge in [0.25, 0.3) is 0 Å². The molecule has 0 fully saturated rings. The molecule has 0 bridgehead atoms. The van der Waals surface area contributed by atoms with Gasteiger partial charge in [0.05, 0.1) is 23.1 Å². The number of carbonyl (C=O) groups excluding carboxylic acids is 1. The quantitative estimate of drug-likeness (QED) is 0.906. The van der Waals surface area contributed by atoms with Crippen molar-refractivity contribution in [2.24, 2.45) is 0 Å². The Kier molecular flexibility index (Phi) is 5.93. The average molecular weight is 290 g/mol. The predicted molar refractivity (Wildman–Crippen MR) is 74.1 cm³/mol. The summed E-state index contributed by atoms with van der Waals surface area (Å²) in [4.78, 5) is 13.7. The molecule has 0 saturated carbocycles. The Morgan fingerprint density at radius 1 is 1.33 bits per heavy atom. The molecule has 0 aliphatic rings. The first kappa shape index (κ1) is 15.3. The summed E-state index contributed by atoms with van der Waals surface area (Å²) in [6, 6.07) is 5.22. The van der Waals surface area contributed by atoms with E-state index in [4.69, 9.17) is 28.3 Å². The lowest BCUT2D eigenvalue weighted by Gasteiger charge is -2.26. The lowest BCUT2D eigenvalue weighted by atomic mass is 10.1. The first-order valence-corrected chi connectivity index (χ1v) is 6.55. The van der Waals surface area contributed by atoms with Gasteiger partial charge in [-0.1, -0.05) is 29.3 Å². The molecule has 18 heavy (non-hydrogen) atoms. The van der Waals surface area contributed by atoms with E-state index in [1.165, 1.54) is 0 Å². The van der Waals surface area contributed by atoms with Gasteiger partial charge in [-0.3, -0.25) is 4.79 Å². The van der Waals surface area contributed by atoms with E-state index in [1.54, 1.807) is 23.1 Å². The largest absolute Gasteiger partial charge is 0.395 e. The number of amides is 1. The second kappa shape index (κ2) is 6.98. The SMILES string of the molecule is CC(C)N(CCO)C(=O)Cc1ccc(Cl)c(Cl)c1. The van der Waals surface area contributed by atoms with E-state index in [0.717, 1.165) is 5.56 Å². The third-order valence-electron chi connectivity index (χ3n) is 2.62. The third kappa shape index (κ3) is 4.16. The average Bonchev–Trinajstić information content (AvgIpc) is 2.30. The van der Waals surface area contributed by atoms with Crippen molar-refractivity contribution < 1.29 is 9.90 Å². The summed E-state index contributed by atoms with van der Waals surface area (Å²) in [6.07, 6.45) is 0.259. The summed E-state index contributed by atoms with van der Waals surface area (Å²) in [7, 11) is 0. The molecule has 0 radical (unpaired) electrons. The number of rotatable bonds is 5. The molecule has 0 saturated heterocycles. The molecule has 100 valence electrons. The Labute approximate surface area is 117 Å². The van der Waals surface area contributed by atoms with Gasteiger partial charge in [0.2, 0.25) is 5.91 Å². The second-order valence-electron chi connectivity index (χ2n) is 4.33. The van der Waals surface area contributed by atoms with Crippen molar-refractivity contribution in [3.63, 3.8) is 0 Å². The maximum atomic E-state index is 12.1. The number of hydrogen-bond acceptors (Lipinski definition) is 2. The normalized spacial score (nSPS) is 10.8. The van der Waals surface area contributed by atoms with Crippen molar-refractivity contribution in [2.45, 2.75) is 26.3 Å². The Hall–Kier alpha value is -0.770. The summed E-state index contributed by atoms with van der Waals surface area (Å²) in [6.45, 7) is 4.15. The maximum absolute atomic E-state index is 12.1. The van der Waals surface area contributed by atoms with E-state index in [2.05, 4.69) is 0 Å². The van der Waals surface area contributed by atoms with Gasteiger partial charge in [-0.2, -0.15) is 0 Å². The molecule has 0 atom stereocenters. The standard InChI is InChI=1S/C13H17Cl2NO2/c1-9(2)16(5-6-17)13(18)8-10-3-4-11(14)12(15)7-10/h3-4,7,9,17H,5-6,8H2,1-2H3. The Bertz CT molecular complexity index is 421. The van der Waals surface area contributed by atoms with Crippen molar-refractivity contribution in [2.75, 3.05) is 13.2 Å². The molecule has 0 heterocycles. The monoisotopic (exact) mass is 289 g/mol. The highest BCUT2D eigenvalue weighted by atomic mass is 35.5. The Morgan fingerprint density at radius 2 is 2.00 bits per heavy atom. The summed E-state index contributed by atoms with van der Waals surface area (Å²) < 4.78 is 0. The molecule has 3 nitrogen and oxygen atoms in total. The van der Waals surface area contributed by atoms with Crippen LogP contribution in [0, 0.1) is 0 Å². The van der Waals surface area contributed by atoms with Crippen LogP contribution in [0.1, 0.15) is 19.4 Å². The first-order valence-electron chi connectivity index (χ1n) is 5.80. The summed E-state index contributed by atoms with van der Waals surface area (Å²) >= 11 is 11.7. The van der Waals surface area contributed by atoms with E-state index in [0.29, 0.717) is 16.6 Å². The number of hydrogen-bond donors (Lipinski definition) is 1. The van der Waals surface area contributed by atoms with Gasteiger partial charge in [-0.25, -0.2) is 0 Å². The zero-order chi connectivity index (χ0) is 13.7. The van der Waals surface area contributed by atoms with Crippen LogP contribution in [-0.4, -0.2) is 35.1 Å². The lowest BCUT2D eigenvalue weighted by molar-refractivity contribution is -0.132. The third-order valence-corrected chi connectivity index (χ3v) is 3.36. The van der Waals surface area contributed by atoms with Crippen molar-refractivity contribution in [3.8, 4) is 0 Å². The van der Waals surface area contributed by atoms with E-state index < -0.39 is 0 Å². The van der Waals surface area contributed by atoms with Gasteiger partial charge >= 0.3 is 0 Å². The first-order chi connectivity index (χ1) is 8.45. The number of halogens is 2. The van der Waals surface area contributed by atoms with Crippen molar-refractivity contribution >= 4 is 29.1 Å². The van der Waals surface area contributed by atoms with Crippen LogP contribution in [0.5, 0.6) is 0 Å². The molecule has 1 rings (SSSR count). The van der Waals surface area contributed by atoms with Crippen LogP contribution in [0.2, 0.25) is 10.0 Å². The van der Waals surface area contributed by atoms with Gasteiger partial charge in [0, 0.05) is 12.6 Å². The minimum absolute atomic E-state index is 0.0301. The molecule has 1 N–H and O–H groups in total. The Morgan fingerprint density at radius 3 is 2.50 bits per heavy atom. The smallest absolute Gasteiger partial charge is 0.227 e. The van der Waals surface area contributed by atoms with Crippen molar-refractivity contribution in [3.05, 3.63) is 33.8 Å². The fraction of sp³-hybridized carbons (Fsp3) is 0.462. The van der Waals surface area contributed by atoms with Crippen molar-refractivity contribution in [1.29, 1.82) is 0 Å². The topological polar surface area (TPSA) is 40.5 Å². The van der Waals surface area contributed by atoms with E-state index in [1.807, 2.05) is 13.8 Å². The Balaban J connectivity index is 2.76. The number of aliphatic hydroxyl groups is 1. The summed E-state index contributed by atoms with van der Waals surface area (Å²) in [5.74, 6) is -0.0301. The highest BCUT2D eigenvalue weighted by Gasteiger charge is 2.16. The van der Waals surface area contributed by atoms with Crippen LogP contribution < -0.4 is 0 Å². The minimum Gasteiger partial charge on any atom is -0.395 e. The molecule has 0 unspecified atom stereocenters. The summed E-state index contributed by atoms with van der Waals surface area (Å²) in [5, 5.41) is 9.87.